The fourth-order valence-corrected chi connectivity index (χ4v) is 3.91. The van der Waals surface area contributed by atoms with E-state index in [4.69, 9.17) is 12.2 Å². The maximum absolute atomic E-state index is 5.49. The van der Waals surface area contributed by atoms with E-state index in [9.17, 15) is 0 Å². The van der Waals surface area contributed by atoms with Crippen LogP contribution in [0.2, 0.25) is 0 Å². The van der Waals surface area contributed by atoms with Crippen molar-refractivity contribution in [1.29, 1.82) is 0 Å². The van der Waals surface area contributed by atoms with Crippen molar-refractivity contribution in [2.45, 2.75) is 40.3 Å². The number of nitrogens with zero attached hydrogens (tertiary/aromatic N) is 3. The Morgan fingerprint density at radius 2 is 2.04 bits per heavy atom. The molecular formula is C17H24N4S2. The summed E-state index contributed by atoms with van der Waals surface area (Å²) in [7, 11) is 0. The van der Waals surface area contributed by atoms with Crippen LogP contribution in [0, 0.1) is 23.7 Å². The van der Waals surface area contributed by atoms with E-state index in [0.29, 0.717) is 0 Å². The molecule has 1 aromatic heterocycles. The van der Waals surface area contributed by atoms with Gasteiger partial charge in [0.15, 0.2) is 3.95 Å². The molecule has 1 N–H and O–H groups in total. The van der Waals surface area contributed by atoms with Gasteiger partial charge in [-0.05, 0) is 56.5 Å². The molecule has 1 aliphatic heterocycles. The second kappa shape index (κ2) is 7.11. The van der Waals surface area contributed by atoms with Crippen LogP contribution in [0.1, 0.15) is 30.9 Å². The molecule has 0 bridgehead atoms. The summed E-state index contributed by atoms with van der Waals surface area (Å²) in [6.45, 7) is 9.63. The maximum Gasteiger partial charge on any atom is 0.209 e. The molecule has 6 heteroatoms. The Hall–Kier alpha value is -1.24. The molecule has 0 radical (unpaired) electrons. The van der Waals surface area contributed by atoms with E-state index in [1.807, 2.05) is 4.68 Å². The minimum atomic E-state index is 0.802. The van der Waals surface area contributed by atoms with Gasteiger partial charge < -0.3 is 5.32 Å². The van der Waals surface area contributed by atoms with Crippen LogP contribution in [-0.4, -0.2) is 27.8 Å². The van der Waals surface area contributed by atoms with Crippen LogP contribution in [0.5, 0.6) is 0 Å². The van der Waals surface area contributed by atoms with Crippen LogP contribution in [0.3, 0.4) is 0 Å². The van der Waals surface area contributed by atoms with Crippen molar-refractivity contribution >= 4 is 34.4 Å². The Balaban J connectivity index is 1.69. The average molecular weight is 349 g/mol. The molecule has 0 atom stereocenters. The number of aryl methyl sites for hydroxylation is 2. The molecule has 0 unspecified atom stereocenters. The molecule has 1 fully saturated rings. The zero-order valence-electron chi connectivity index (χ0n) is 14.0. The zero-order valence-corrected chi connectivity index (χ0v) is 15.6. The average Bonchev–Trinajstić information content (AvgIpc) is 2.84. The summed E-state index contributed by atoms with van der Waals surface area (Å²) in [6, 6.07) is 6.39. The van der Waals surface area contributed by atoms with Gasteiger partial charge in [0.05, 0.1) is 6.67 Å². The topological polar surface area (TPSA) is 33.1 Å². The highest BCUT2D eigenvalue weighted by Gasteiger charge is 2.17. The van der Waals surface area contributed by atoms with E-state index >= 15 is 0 Å². The first-order chi connectivity index (χ1) is 11.0. The van der Waals surface area contributed by atoms with Gasteiger partial charge in [0.1, 0.15) is 0 Å². The normalized spacial score (nSPS) is 16.7. The third-order valence-electron chi connectivity index (χ3n) is 4.44. The summed E-state index contributed by atoms with van der Waals surface area (Å²) < 4.78 is 2.78. The molecule has 0 saturated carbocycles. The van der Waals surface area contributed by atoms with Crippen LogP contribution < -0.4 is 5.32 Å². The van der Waals surface area contributed by atoms with Crippen LogP contribution >= 0.6 is 23.6 Å². The minimum Gasteiger partial charge on any atom is -0.330 e. The number of anilines is 2. The third kappa shape index (κ3) is 4.19. The zero-order chi connectivity index (χ0) is 16.4. The van der Waals surface area contributed by atoms with Crippen LogP contribution in [-0.2, 0) is 6.67 Å². The number of aromatic nitrogens is 2. The fraction of sp³-hybridized carbons (Fsp3) is 0.529. The molecule has 1 aromatic carbocycles. The number of piperidine rings is 1. The monoisotopic (exact) mass is 348 g/mol. The molecule has 2 aromatic rings. The Kier molecular flexibility index (Phi) is 5.14. The fourth-order valence-electron chi connectivity index (χ4n) is 2.91. The van der Waals surface area contributed by atoms with Crippen LogP contribution in [0.15, 0.2) is 18.2 Å². The standard InChI is InChI=1S/C17H24N4S2/c1-12-6-8-20(9-7-12)11-21-17(22)23-16(19-21)18-15-5-4-13(2)10-14(15)3/h4-5,10,12H,6-9,11H2,1-3H3,(H,18,19). The number of likely N-dealkylation sites (tertiary alicyclic amines) is 1. The van der Waals surface area contributed by atoms with Crippen molar-refractivity contribution in [2.24, 2.45) is 5.92 Å². The summed E-state index contributed by atoms with van der Waals surface area (Å²) in [4.78, 5) is 2.44. The van der Waals surface area contributed by atoms with Gasteiger partial charge in [0.25, 0.3) is 0 Å². The smallest absolute Gasteiger partial charge is 0.209 e. The first-order valence-electron chi connectivity index (χ1n) is 8.16. The lowest BCUT2D eigenvalue weighted by Crippen LogP contribution is -2.34. The summed E-state index contributed by atoms with van der Waals surface area (Å²) >= 11 is 7.03. The first kappa shape index (κ1) is 16.6. The Morgan fingerprint density at radius 3 is 2.74 bits per heavy atom. The van der Waals surface area contributed by atoms with Crippen molar-refractivity contribution in [1.82, 2.24) is 14.7 Å². The first-order valence-corrected chi connectivity index (χ1v) is 9.38. The number of benzene rings is 1. The molecule has 23 heavy (non-hydrogen) atoms. The molecule has 0 aliphatic carbocycles. The number of hydrogen-bond acceptors (Lipinski definition) is 5. The largest absolute Gasteiger partial charge is 0.330 e. The van der Waals surface area contributed by atoms with Gasteiger partial charge in [-0.2, -0.15) is 0 Å². The van der Waals surface area contributed by atoms with E-state index in [0.717, 1.165) is 40.4 Å². The molecule has 4 nitrogen and oxygen atoms in total. The van der Waals surface area contributed by atoms with E-state index in [1.165, 1.54) is 24.0 Å². The molecule has 0 spiro atoms. The maximum atomic E-state index is 5.49. The molecular weight excluding hydrogens is 324 g/mol. The van der Waals surface area contributed by atoms with Crippen LogP contribution in [0.25, 0.3) is 0 Å². The van der Waals surface area contributed by atoms with Gasteiger partial charge in [0.2, 0.25) is 5.13 Å². The van der Waals surface area contributed by atoms with Crippen molar-refractivity contribution < 1.29 is 0 Å². The lowest BCUT2D eigenvalue weighted by Gasteiger charge is -2.29. The van der Waals surface area contributed by atoms with Crippen molar-refractivity contribution in [3.05, 3.63) is 33.3 Å². The van der Waals surface area contributed by atoms with E-state index in [-0.39, 0.29) is 0 Å². The van der Waals surface area contributed by atoms with Crippen molar-refractivity contribution in [2.75, 3.05) is 18.4 Å². The van der Waals surface area contributed by atoms with E-state index in [2.05, 4.69) is 54.3 Å². The summed E-state index contributed by atoms with van der Waals surface area (Å²) in [6.07, 6.45) is 2.54. The van der Waals surface area contributed by atoms with Gasteiger partial charge in [-0.1, -0.05) is 36.0 Å². The predicted molar refractivity (Wildman–Crippen MR) is 100 cm³/mol. The molecule has 124 valence electrons. The summed E-state index contributed by atoms with van der Waals surface area (Å²) in [5.41, 5.74) is 3.59. The van der Waals surface area contributed by atoms with E-state index in [1.54, 1.807) is 11.3 Å². The van der Waals surface area contributed by atoms with Crippen LogP contribution in [0.4, 0.5) is 10.8 Å². The third-order valence-corrected chi connectivity index (χ3v) is 5.66. The predicted octanol–water partition coefficient (Wildman–Crippen LogP) is 4.72. The van der Waals surface area contributed by atoms with E-state index < -0.39 is 0 Å². The number of hydrogen-bond donors (Lipinski definition) is 1. The van der Waals surface area contributed by atoms with Crippen molar-refractivity contribution in [3.8, 4) is 0 Å². The van der Waals surface area contributed by atoms with Crippen molar-refractivity contribution in [3.63, 3.8) is 0 Å². The molecule has 0 amide bonds. The summed E-state index contributed by atoms with van der Waals surface area (Å²) in [5.74, 6) is 0.844. The Labute approximate surface area is 147 Å². The number of rotatable bonds is 4. The lowest BCUT2D eigenvalue weighted by atomic mass is 10.00. The second-order valence-electron chi connectivity index (χ2n) is 6.56. The lowest BCUT2D eigenvalue weighted by molar-refractivity contribution is 0.146. The van der Waals surface area contributed by atoms with Gasteiger partial charge in [-0.15, -0.1) is 5.10 Å². The SMILES string of the molecule is Cc1ccc(Nc2nn(CN3CCC(C)CC3)c(=S)s2)c(C)c1. The molecule has 1 aliphatic rings. The molecule has 3 rings (SSSR count). The van der Waals surface area contributed by atoms with Gasteiger partial charge in [0, 0.05) is 18.8 Å². The highest BCUT2D eigenvalue weighted by Crippen LogP contribution is 2.24. The van der Waals surface area contributed by atoms with Gasteiger partial charge in [-0.25, -0.2) is 4.68 Å². The van der Waals surface area contributed by atoms with Gasteiger partial charge in [-0.3, -0.25) is 4.90 Å². The number of nitrogens with one attached hydrogen (secondary N) is 1. The molecule has 1 saturated heterocycles. The highest BCUT2D eigenvalue weighted by atomic mass is 32.1. The Morgan fingerprint density at radius 1 is 1.30 bits per heavy atom. The Bertz CT molecular complexity index is 726. The second-order valence-corrected chi connectivity index (χ2v) is 8.18. The molecule has 2 heterocycles. The summed E-state index contributed by atoms with van der Waals surface area (Å²) in [5, 5.41) is 8.93. The van der Waals surface area contributed by atoms with Gasteiger partial charge >= 0.3 is 0 Å². The quantitative estimate of drug-likeness (QED) is 0.810. The minimum absolute atomic E-state index is 0.802. The highest BCUT2D eigenvalue weighted by molar-refractivity contribution is 7.73.